The van der Waals surface area contributed by atoms with E-state index in [1.807, 2.05) is 0 Å². The second-order valence-corrected chi connectivity index (χ2v) is 6.42. The highest BCUT2D eigenvalue weighted by atomic mass is 35.5. The van der Waals surface area contributed by atoms with Crippen molar-refractivity contribution < 1.29 is 17.9 Å². The molecule has 0 radical (unpaired) electrons. The lowest BCUT2D eigenvalue weighted by Crippen LogP contribution is -2.17. The largest absolute Gasteiger partial charge is 0.573 e. The Kier molecular flexibility index (Phi) is 6.09. The first-order valence-electron chi connectivity index (χ1n) is 7.95. The van der Waals surface area contributed by atoms with E-state index in [1.54, 1.807) is 18.2 Å². The average molecular weight is 442 g/mol. The van der Waals surface area contributed by atoms with Crippen LogP contribution in [-0.4, -0.2) is 22.5 Å². The molecule has 6 nitrogen and oxygen atoms in total. The maximum Gasteiger partial charge on any atom is 0.573 e. The molecule has 150 valence electrons. The third-order valence-corrected chi connectivity index (χ3v) is 4.11. The zero-order chi connectivity index (χ0) is 21.0. The fourth-order valence-corrected chi connectivity index (χ4v) is 2.78. The van der Waals surface area contributed by atoms with Crippen LogP contribution in [0.15, 0.2) is 48.8 Å². The van der Waals surface area contributed by atoms with Crippen LogP contribution < -0.4 is 15.4 Å². The fraction of sp³-hybridized carbons (Fsp3) is 0.0556. The number of benzene rings is 2. The molecule has 3 rings (SSSR count). The summed E-state index contributed by atoms with van der Waals surface area (Å²) >= 11 is 12.0. The Hall–Kier alpha value is -3.04. The fourth-order valence-electron chi connectivity index (χ4n) is 2.33. The number of halogens is 5. The molecule has 0 spiro atoms. The number of ether oxygens (including phenoxy) is 1. The van der Waals surface area contributed by atoms with E-state index in [2.05, 4.69) is 25.3 Å². The minimum absolute atomic E-state index is 0.270. The molecule has 0 amide bonds. The summed E-state index contributed by atoms with van der Waals surface area (Å²) in [5.41, 5.74) is 1.28. The Morgan fingerprint density at radius 3 is 2.21 bits per heavy atom. The number of nitrogens with zero attached hydrogens (tertiary/aromatic N) is 2. The third-order valence-electron chi connectivity index (χ3n) is 3.56. The molecule has 2 aromatic carbocycles. The zero-order valence-electron chi connectivity index (χ0n) is 14.4. The van der Waals surface area contributed by atoms with Crippen molar-refractivity contribution in [2.45, 2.75) is 6.36 Å². The van der Waals surface area contributed by atoms with Crippen LogP contribution >= 0.6 is 23.2 Å². The van der Waals surface area contributed by atoms with Gasteiger partial charge in [0, 0.05) is 16.9 Å². The number of alkyl halides is 3. The molecule has 1 heterocycles. The topological polar surface area (TPSA) is 82.9 Å². The standard InChI is InChI=1S/C18H12Cl2F3N5O/c19-10-1-6-15(14(20)7-10)28-17-13(8-24)16(25-9-26-17)27-11-2-4-12(5-3-11)29-18(21,22)23/h1-9,24H,(H2,25,26,27,28). The van der Waals surface area contributed by atoms with Crippen molar-refractivity contribution >= 4 is 52.4 Å². The number of anilines is 4. The molecule has 0 aliphatic rings. The van der Waals surface area contributed by atoms with E-state index < -0.39 is 6.36 Å². The molecule has 0 unspecified atom stereocenters. The molecular weight excluding hydrogens is 430 g/mol. The van der Waals surface area contributed by atoms with Crippen molar-refractivity contribution in [1.29, 1.82) is 5.41 Å². The Morgan fingerprint density at radius 2 is 1.62 bits per heavy atom. The van der Waals surface area contributed by atoms with Gasteiger partial charge in [0.1, 0.15) is 23.7 Å². The monoisotopic (exact) mass is 441 g/mol. The van der Waals surface area contributed by atoms with Gasteiger partial charge in [-0.3, -0.25) is 0 Å². The van der Waals surface area contributed by atoms with Gasteiger partial charge in [0.25, 0.3) is 0 Å². The van der Waals surface area contributed by atoms with E-state index in [4.69, 9.17) is 28.6 Å². The van der Waals surface area contributed by atoms with Gasteiger partial charge in [0.2, 0.25) is 0 Å². The van der Waals surface area contributed by atoms with Gasteiger partial charge in [-0.05, 0) is 42.5 Å². The predicted octanol–water partition coefficient (Wildman–Crippen LogP) is 6.17. The third kappa shape index (κ3) is 5.49. The van der Waals surface area contributed by atoms with E-state index in [0.717, 1.165) is 18.3 Å². The van der Waals surface area contributed by atoms with Crippen LogP contribution in [0.4, 0.5) is 36.2 Å². The lowest BCUT2D eigenvalue weighted by atomic mass is 10.2. The van der Waals surface area contributed by atoms with Gasteiger partial charge in [-0.1, -0.05) is 23.2 Å². The van der Waals surface area contributed by atoms with Crippen LogP contribution in [0.25, 0.3) is 0 Å². The van der Waals surface area contributed by atoms with E-state index in [0.29, 0.717) is 32.8 Å². The molecular formula is C18H12Cl2F3N5O. The van der Waals surface area contributed by atoms with Crippen molar-refractivity contribution in [3.63, 3.8) is 0 Å². The smallest absolute Gasteiger partial charge is 0.406 e. The van der Waals surface area contributed by atoms with Crippen LogP contribution in [0.2, 0.25) is 10.0 Å². The van der Waals surface area contributed by atoms with Crippen LogP contribution in [0.3, 0.4) is 0 Å². The van der Waals surface area contributed by atoms with E-state index in [9.17, 15) is 13.2 Å². The maximum atomic E-state index is 12.3. The van der Waals surface area contributed by atoms with Gasteiger partial charge in [-0.2, -0.15) is 0 Å². The normalized spacial score (nSPS) is 11.1. The van der Waals surface area contributed by atoms with Crippen molar-refractivity contribution in [3.05, 3.63) is 64.4 Å². The minimum Gasteiger partial charge on any atom is -0.406 e. The first kappa shape index (κ1) is 20.7. The van der Waals surface area contributed by atoms with Gasteiger partial charge in [-0.15, -0.1) is 13.2 Å². The average Bonchev–Trinajstić information content (AvgIpc) is 2.65. The van der Waals surface area contributed by atoms with Crippen LogP contribution in [0.1, 0.15) is 5.56 Å². The van der Waals surface area contributed by atoms with Crippen molar-refractivity contribution in [1.82, 2.24) is 9.97 Å². The summed E-state index contributed by atoms with van der Waals surface area (Å²) in [6, 6.07) is 9.96. The Morgan fingerprint density at radius 1 is 0.966 bits per heavy atom. The second-order valence-electron chi connectivity index (χ2n) is 5.58. The maximum absolute atomic E-state index is 12.3. The molecule has 11 heteroatoms. The van der Waals surface area contributed by atoms with Crippen molar-refractivity contribution in [3.8, 4) is 5.75 Å². The Balaban J connectivity index is 1.83. The van der Waals surface area contributed by atoms with Crippen LogP contribution in [0.5, 0.6) is 5.75 Å². The quantitative estimate of drug-likeness (QED) is 0.398. The van der Waals surface area contributed by atoms with Crippen molar-refractivity contribution in [2.24, 2.45) is 0 Å². The van der Waals surface area contributed by atoms with E-state index >= 15 is 0 Å². The second kappa shape index (κ2) is 8.54. The van der Waals surface area contributed by atoms with Crippen LogP contribution in [-0.2, 0) is 0 Å². The van der Waals surface area contributed by atoms with Gasteiger partial charge >= 0.3 is 6.36 Å². The highest BCUT2D eigenvalue weighted by molar-refractivity contribution is 6.36. The predicted molar refractivity (Wildman–Crippen MR) is 106 cm³/mol. The van der Waals surface area contributed by atoms with Gasteiger partial charge in [0.15, 0.2) is 0 Å². The summed E-state index contributed by atoms with van der Waals surface area (Å²) in [7, 11) is 0. The lowest BCUT2D eigenvalue weighted by Gasteiger charge is -2.14. The van der Waals surface area contributed by atoms with E-state index in [-0.39, 0.29) is 11.6 Å². The first-order valence-corrected chi connectivity index (χ1v) is 8.71. The van der Waals surface area contributed by atoms with E-state index in [1.165, 1.54) is 18.5 Å². The summed E-state index contributed by atoms with van der Waals surface area (Å²) in [6.07, 6.45) is -2.46. The summed E-state index contributed by atoms with van der Waals surface area (Å²) in [5, 5.41) is 14.5. The molecule has 0 saturated carbocycles. The highest BCUT2D eigenvalue weighted by Crippen LogP contribution is 2.31. The van der Waals surface area contributed by atoms with Gasteiger partial charge in [0.05, 0.1) is 16.3 Å². The molecule has 0 saturated heterocycles. The summed E-state index contributed by atoms with van der Waals surface area (Å²) in [4.78, 5) is 8.20. The number of nitrogens with one attached hydrogen (secondary N) is 3. The molecule has 3 aromatic rings. The molecule has 29 heavy (non-hydrogen) atoms. The number of aromatic nitrogens is 2. The number of rotatable bonds is 6. The Labute approximate surface area is 173 Å². The Bertz CT molecular complexity index is 1030. The van der Waals surface area contributed by atoms with Gasteiger partial charge < -0.3 is 20.8 Å². The molecule has 0 aliphatic heterocycles. The summed E-state index contributed by atoms with van der Waals surface area (Å²) < 4.78 is 40.6. The van der Waals surface area contributed by atoms with Crippen LogP contribution in [0, 0.1) is 5.41 Å². The highest BCUT2D eigenvalue weighted by Gasteiger charge is 2.30. The zero-order valence-corrected chi connectivity index (χ0v) is 15.9. The summed E-state index contributed by atoms with van der Waals surface area (Å²) in [5.74, 6) is 0.226. The number of hydrogen-bond donors (Lipinski definition) is 3. The molecule has 0 fully saturated rings. The molecule has 0 bridgehead atoms. The lowest BCUT2D eigenvalue weighted by molar-refractivity contribution is -0.274. The first-order chi connectivity index (χ1) is 13.7. The molecule has 1 aromatic heterocycles. The van der Waals surface area contributed by atoms with Gasteiger partial charge in [-0.25, -0.2) is 9.97 Å². The molecule has 0 atom stereocenters. The SMILES string of the molecule is N=Cc1c(Nc2ccc(OC(F)(F)F)cc2)ncnc1Nc1ccc(Cl)cc1Cl. The summed E-state index contributed by atoms with van der Waals surface area (Å²) in [6.45, 7) is 0. The number of hydrogen-bond acceptors (Lipinski definition) is 6. The minimum atomic E-state index is -4.77. The molecule has 0 aliphatic carbocycles. The van der Waals surface area contributed by atoms with Crippen molar-refractivity contribution in [2.75, 3.05) is 10.6 Å². The molecule has 3 N–H and O–H groups in total.